The average Bonchev–Trinajstić information content (AvgIpc) is 2.96. The van der Waals surface area contributed by atoms with Crippen LogP contribution in [0.1, 0.15) is 36.5 Å². The molecule has 9 heteroatoms. The van der Waals surface area contributed by atoms with Crippen molar-refractivity contribution in [1.29, 1.82) is 0 Å². The molecule has 0 aliphatic heterocycles. The number of unbranched alkanes of at least 4 members (excludes halogenated alkanes) is 2. The first kappa shape index (κ1) is 27.7. The summed E-state index contributed by atoms with van der Waals surface area (Å²) in [7, 11) is 3.17. The van der Waals surface area contributed by atoms with E-state index in [-0.39, 0.29) is 11.0 Å². The Balaban J connectivity index is 1.34. The van der Waals surface area contributed by atoms with Gasteiger partial charge in [-0.05, 0) is 79.3 Å². The highest BCUT2D eigenvalue weighted by atomic mass is 32.1. The van der Waals surface area contributed by atoms with Gasteiger partial charge in [-0.1, -0.05) is 19.8 Å². The predicted molar refractivity (Wildman–Crippen MR) is 157 cm³/mol. The molecule has 0 radical (unpaired) electrons. The van der Waals surface area contributed by atoms with Gasteiger partial charge in [0.05, 0.1) is 26.3 Å². The van der Waals surface area contributed by atoms with Crippen LogP contribution in [-0.4, -0.2) is 36.8 Å². The second-order valence-electron chi connectivity index (χ2n) is 8.65. The van der Waals surface area contributed by atoms with Crippen LogP contribution in [0.4, 0.5) is 5.69 Å². The Labute approximate surface area is 233 Å². The van der Waals surface area contributed by atoms with Gasteiger partial charge in [0.25, 0.3) is 5.91 Å². The molecule has 2 N–H and O–H groups in total. The number of anilines is 1. The number of benzene rings is 3. The summed E-state index contributed by atoms with van der Waals surface area (Å²) < 4.78 is 22.6. The Morgan fingerprint density at radius 2 is 1.56 bits per heavy atom. The summed E-state index contributed by atoms with van der Waals surface area (Å²) >= 11 is 5.33. The van der Waals surface area contributed by atoms with Crippen LogP contribution in [0.5, 0.6) is 28.7 Å². The van der Waals surface area contributed by atoms with E-state index in [9.17, 15) is 4.79 Å². The van der Waals surface area contributed by atoms with Crippen molar-refractivity contribution in [2.24, 2.45) is 0 Å². The Morgan fingerprint density at radius 3 is 2.26 bits per heavy atom. The minimum atomic E-state index is -0.304. The molecule has 0 atom stereocenters. The van der Waals surface area contributed by atoms with Gasteiger partial charge in [-0.2, -0.15) is 0 Å². The minimum Gasteiger partial charge on any atom is -0.494 e. The van der Waals surface area contributed by atoms with Gasteiger partial charge in [0.1, 0.15) is 17.2 Å². The van der Waals surface area contributed by atoms with Gasteiger partial charge in [-0.3, -0.25) is 15.1 Å². The molecule has 0 bridgehead atoms. The molecule has 0 aliphatic carbocycles. The number of methoxy groups -OCH3 is 2. The summed E-state index contributed by atoms with van der Waals surface area (Å²) in [6.45, 7) is 2.82. The lowest BCUT2D eigenvalue weighted by Gasteiger charge is -2.13. The molecular formula is C30H31N3O5S. The second-order valence-corrected chi connectivity index (χ2v) is 9.06. The molecule has 1 heterocycles. The highest BCUT2D eigenvalue weighted by molar-refractivity contribution is 7.80. The normalized spacial score (nSPS) is 10.5. The Hall–Kier alpha value is -4.37. The Kier molecular flexibility index (Phi) is 9.53. The smallest absolute Gasteiger partial charge is 0.257 e. The number of carbonyl (C=O) groups excluding carboxylic acids is 1. The lowest BCUT2D eigenvalue weighted by Crippen LogP contribution is -2.34. The summed E-state index contributed by atoms with van der Waals surface area (Å²) in [5.74, 6) is 2.86. The van der Waals surface area contributed by atoms with Crippen molar-refractivity contribution in [2.75, 3.05) is 26.1 Å². The van der Waals surface area contributed by atoms with E-state index in [1.807, 2.05) is 18.2 Å². The summed E-state index contributed by atoms with van der Waals surface area (Å²) in [4.78, 5) is 17.0. The average molecular weight is 546 g/mol. The first-order valence-electron chi connectivity index (χ1n) is 12.6. The third-order valence-corrected chi connectivity index (χ3v) is 6.11. The van der Waals surface area contributed by atoms with E-state index in [4.69, 9.17) is 31.2 Å². The number of nitrogens with one attached hydrogen (secondary N) is 2. The van der Waals surface area contributed by atoms with Gasteiger partial charge in [0, 0.05) is 28.9 Å². The van der Waals surface area contributed by atoms with Crippen molar-refractivity contribution in [2.45, 2.75) is 26.2 Å². The van der Waals surface area contributed by atoms with E-state index in [1.54, 1.807) is 68.9 Å². The number of amides is 1. The molecule has 4 aromatic rings. The predicted octanol–water partition coefficient (Wildman–Crippen LogP) is 6.74. The molecule has 202 valence electrons. The number of ether oxygens (including phenoxy) is 4. The zero-order valence-electron chi connectivity index (χ0n) is 22.2. The number of hydrogen-bond acceptors (Lipinski definition) is 7. The highest BCUT2D eigenvalue weighted by Crippen LogP contribution is 2.37. The van der Waals surface area contributed by atoms with E-state index >= 15 is 0 Å². The largest absolute Gasteiger partial charge is 0.494 e. The van der Waals surface area contributed by atoms with Crippen molar-refractivity contribution in [1.82, 2.24) is 10.3 Å². The number of aromatic nitrogens is 1. The van der Waals surface area contributed by atoms with Crippen LogP contribution in [0.15, 0.2) is 72.9 Å². The number of fused-ring (bicyclic) bond motifs is 1. The van der Waals surface area contributed by atoms with Crippen LogP contribution < -0.4 is 29.6 Å². The summed E-state index contributed by atoms with van der Waals surface area (Å²) in [6, 6.07) is 19.7. The van der Waals surface area contributed by atoms with Gasteiger partial charge in [-0.15, -0.1) is 0 Å². The fourth-order valence-electron chi connectivity index (χ4n) is 3.85. The fraction of sp³-hybridized carbons (Fsp3) is 0.233. The quantitative estimate of drug-likeness (QED) is 0.158. The number of rotatable bonds is 11. The molecule has 1 amide bonds. The van der Waals surface area contributed by atoms with E-state index in [0.29, 0.717) is 40.9 Å². The third-order valence-electron chi connectivity index (χ3n) is 5.91. The van der Waals surface area contributed by atoms with Gasteiger partial charge in [-0.25, -0.2) is 0 Å². The lowest BCUT2D eigenvalue weighted by molar-refractivity contribution is 0.0977. The van der Waals surface area contributed by atoms with Gasteiger partial charge in [0.2, 0.25) is 0 Å². The van der Waals surface area contributed by atoms with E-state index in [0.717, 1.165) is 35.9 Å². The Bertz CT molecular complexity index is 1430. The zero-order valence-corrected chi connectivity index (χ0v) is 23.0. The number of carbonyl (C=O) groups is 1. The molecule has 0 unspecified atom stereocenters. The molecule has 0 spiro atoms. The summed E-state index contributed by atoms with van der Waals surface area (Å²) in [5.41, 5.74) is 1.91. The molecule has 1 aromatic heterocycles. The second kappa shape index (κ2) is 13.4. The maximum Gasteiger partial charge on any atom is 0.257 e. The number of pyridine rings is 1. The maximum atomic E-state index is 12.6. The lowest BCUT2D eigenvalue weighted by atomic mass is 10.2. The molecule has 0 fully saturated rings. The van der Waals surface area contributed by atoms with Crippen LogP contribution in [0.25, 0.3) is 10.9 Å². The van der Waals surface area contributed by atoms with Crippen molar-refractivity contribution in [3.63, 3.8) is 0 Å². The first-order chi connectivity index (χ1) is 19.0. The highest BCUT2D eigenvalue weighted by Gasteiger charge is 2.12. The minimum absolute atomic E-state index is 0.190. The van der Waals surface area contributed by atoms with Crippen LogP contribution in [0, 0.1) is 0 Å². The molecule has 4 rings (SSSR count). The van der Waals surface area contributed by atoms with Crippen molar-refractivity contribution in [3.05, 3.63) is 78.5 Å². The number of hydrogen-bond donors (Lipinski definition) is 2. The van der Waals surface area contributed by atoms with Crippen molar-refractivity contribution < 1.29 is 23.7 Å². The Morgan fingerprint density at radius 1 is 0.872 bits per heavy atom. The molecule has 3 aromatic carbocycles. The van der Waals surface area contributed by atoms with Crippen LogP contribution in [0.3, 0.4) is 0 Å². The van der Waals surface area contributed by atoms with Crippen LogP contribution >= 0.6 is 12.2 Å². The monoisotopic (exact) mass is 545 g/mol. The summed E-state index contributed by atoms with van der Waals surface area (Å²) in [6.07, 6.45) is 4.96. The molecule has 0 saturated carbocycles. The SMILES string of the molecule is CCCCCOc1ccc(C(=O)NC(=S)Nc2ccc(Oc3ccnc4cc(OC)c(OC)cc34)cc2)cc1. The number of nitrogens with zero attached hydrogens (tertiary/aromatic N) is 1. The third kappa shape index (κ3) is 7.36. The molecule has 0 saturated heterocycles. The van der Waals surface area contributed by atoms with Gasteiger partial charge >= 0.3 is 0 Å². The van der Waals surface area contributed by atoms with Crippen LogP contribution in [-0.2, 0) is 0 Å². The maximum absolute atomic E-state index is 12.6. The molecular weight excluding hydrogens is 514 g/mol. The van der Waals surface area contributed by atoms with E-state index < -0.39 is 0 Å². The molecule has 39 heavy (non-hydrogen) atoms. The van der Waals surface area contributed by atoms with E-state index in [2.05, 4.69) is 22.5 Å². The van der Waals surface area contributed by atoms with Crippen LogP contribution in [0.2, 0.25) is 0 Å². The molecule has 0 aliphatic rings. The molecule has 8 nitrogen and oxygen atoms in total. The first-order valence-corrected chi connectivity index (χ1v) is 13.1. The fourth-order valence-corrected chi connectivity index (χ4v) is 4.06. The zero-order chi connectivity index (χ0) is 27.6. The topological polar surface area (TPSA) is 90.9 Å². The van der Waals surface area contributed by atoms with Crippen molar-refractivity contribution >= 4 is 39.8 Å². The number of thiocarbonyl (C=S) groups is 1. The standard InChI is InChI=1S/C30H31N3O5S/c1-4-5-6-17-37-22-11-7-20(8-12-22)29(34)33-30(39)32-21-9-13-23(14-10-21)38-26-15-16-31-25-19-28(36-3)27(35-2)18-24(25)26/h7-16,18-19H,4-6,17H2,1-3H3,(H2,32,33,34,39). The van der Waals surface area contributed by atoms with E-state index in [1.165, 1.54) is 0 Å². The van der Waals surface area contributed by atoms with Crippen molar-refractivity contribution in [3.8, 4) is 28.7 Å². The van der Waals surface area contributed by atoms with Gasteiger partial charge in [0.15, 0.2) is 16.6 Å². The summed E-state index contributed by atoms with van der Waals surface area (Å²) in [5, 5.41) is 6.70. The van der Waals surface area contributed by atoms with Gasteiger partial charge < -0.3 is 24.3 Å².